The van der Waals surface area contributed by atoms with E-state index in [4.69, 9.17) is 4.74 Å². The van der Waals surface area contributed by atoms with Crippen molar-refractivity contribution in [3.63, 3.8) is 0 Å². The fraction of sp³-hybridized carbons (Fsp3) is 0.471. The maximum Gasteiger partial charge on any atom is 0.218 e. The van der Waals surface area contributed by atoms with Gasteiger partial charge in [-0.3, -0.25) is 9.88 Å². The molecule has 0 bridgehead atoms. The lowest BCUT2D eigenvalue weighted by atomic mass is 10.0. The number of methoxy groups -OCH3 is 1. The SMILES string of the molecule is COc1cc(N(C)C2CCCN(Cc3c(F)cncc3F)C2)ncn1. The number of hydrogen-bond donors (Lipinski definition) is 0. The second kappa shape index (κ2) is 7.69. The highest BCUT2D eigenvalue weighted by atomic mass is 19.1. The zero-order chi connectivity index (χ0) is 17.8. The Morgan fingerprint density at radius 2 is 2.04 bits per heavy atom. The van der Waals surface area contributed by atoms with E-state index in [1.54, 1.807) is 13.2 Å². The van der Waals surface area contributed by atoms with Crippen molar-refractivity contribution in [2.24, 2.45) is 0 Å². The van der Waals surface area contributed by atoms with Gasteiger partial charge in [-0.1, -0.05) is 0 Å². The summed E-state index contributed by atoms with van der Waals surface area (Å²) in [5, 5.41) is 0. The largest absolute Gasteiger partial charge is 0.481 e. The highest BCUT2D eigenvalue weighted by molar-refractivity contribution is 5.41. The molecule has 0 saturated carbocycles. The summed E-state index contributed by atoms with van der Waals surface area (Å²) in [6.07, 6.45) is 5.51. The number of piperidine rings is 1. The van der Waals surface area contributed by atoms with Crippen LogP contribution < -0.4 is 9.64 Å². The molecule has 0 spiro atoms. The molecule has 1 saturated heterocycles. The van der Waals surface area contributed by atoms with Crippen molar-refractivity contribution in [3.8, 4) is 5.88 Å². The Bertz CT molecular complexity index is 710. The number of aromatic nitrogens is 3. The van der Waals surface area contributed by atoms with E-state index in [-0.39, 0.29) is 18.2 Å². The summed E-state index contributed by atoms with van der Waals surface area (Å²) in [7, 11) is 3.52. The first-order valence-corrected chi connectivity index (χ1v) is 8.17. The van der Waals surface area contributed by atoms with Crippen LogP contribution >= 0.6 is 0 Å². The van der Waals surface area contributed by atoms with Gasteiger partial charge in [-0.2, -0.15) is 0 Å². The Hall–Kier alpha value is -2.35. The van der Waals surface area contributed by atoms with Gasteiger partial charge in [0.2, 0.25) is 5.88 Å². The first-order valence-electron chi connectivity index (χ1n) is 8.17. The summed E-state index contributed by atoms with van der Waals surface area (Å²) in [5.74, 6) is 0.0671. The van der Waals surface area contributed by atoms with Crippen molar-refractivity contribution in [3.05, 3.63) is 42.0 Å². The second-order valence-electron chi connectivity index (χ2n) is 6.14. The summed E-state index contributed by atoms with van der Waals surface area (Å²) >= 11 is 0. The average molecular weight is 349 g/mol. The smallest absolute Gasteiger partial charge is 0.218 e. The summed E-state index contributed by atoms with van der Waals surface area (Å²) in [5.41, 5.74) is 0.0713. The summed E-state index contributed by atoms with van der Waals surface area (Å²) in [4.78, 5) is 16.0. The molecule has 3 heterocycles. The topological polar surface area (TPSA) is 54.4 Å². The van der Waals surface area contributed by atoms with Crippen LogP contribution in [0.5, 0.6) is 5.88 Å². The first-order chi connectivity index (χ1) is 12.1. The quantitative estimate of drug-likeness (QED) is 0.825. The minimum Gasteiger partial charge on any atom is -0.481 e. The lowest BCUT2D eigenvalue weighted by molar-refractivity contribution is 0.193. The fourth-order valence-electron chi connectivity index (χ4n) is 3.13. The molecule has 1 aliphatic heterocycles. The molecule has 0 amide bonds. The minimum absolute atomic E-state index is 0.0713. The van der Waals surface area contributed by atoms with Gasteiger partial charge in [0.25, 0.3) is 0 Å². The predicted octanol–water partition coefficient (Wildman–Crippen LogP) is 2.26. The molecule has 1 unspecified atom stereocenters. The van der Waals surface area contributed by atoms with Gasteiger partial charge >= 0.3 is 0 Å². The molecule has 0 radical (unpaired) electrons. The van der Waals surface area contributed by atoms with Crippen molar-refractivity contribution < 1.29 is 13.5 Å². The van der Waals surface area contributed by atoms with Crippen LogP contribution in [0.4, 0.5) is 14.6 Å². The third-order valence-corrected chi connectivity index (χ3v) is 4.56. The van der Waals surface area contributed by atoms with Gasteiger partial charge in [0.1, 0.15) is 23.8 Å². The second-order valence-corrected chi connectivity index (χ2v) is 6.14. The number of likely N-dealkylation sites (N-methyl/N-ethyl adjacent to an activating group) is 1. The lowest BCUT2D eigenvalue weighted by Gasteiger charge is -2.38. The number of pyridine rings is 1. The van der Waals surface area contributed by atoms with Crippen LogP contribution in [0, 0.1) is 11.6 Å². The predicted molar refractivity (Wildman–Crippen MR) is 89.4 cm³/mol. The van der Waals surface area contributed by atoms with E-state index >= 15 is 0 Å². The van der Waals surface area contributed by atoms with Crippen molar-refractivity contribution in [2.45, 2.75) is 25.4 Å². The maximum atomic E-state index is 13.8. The fourth-order valence-corrected chi connectivity index (χ4v) is 3.13. The van der Waals surface area contributed by atoms with E-state index in [1.165, 1.54) is 6.33 Å². The van der Waals surface area contributed by atoms with E-state index in [1.807, 2.05) is 7.05 Å². The molecule has 1 aliphatic rings. The summed E-state index contributed by atoms with van der Waals surface area (Å²) < 4.78 is 32.8. The van der Waals surface area contributed by atoms with Gasteiger partial charge in [-0.05, 0) is 19.4 Å². The van der Waals surface area contributed by atoms with Crippen molar-refractivity contribution in [2.75, 3.05) is 32.1 Å². The standard InChI is InChI=1S/C17H21F2N5O/c1-23(16-6-17(25-2)22-11-21-16)12-4-3-5-24(9-12)10-13-14(18)7-20-8-15(13)19/h6-8,11-12H,3-5,9-10H2,1-2H3. The molecule has 8 heteroatoms. The van der Waals surface area contributed by atoms with Crippen molar-refractivity contribution in [1.82, 2.24) is 19.9 Å². The van der Waals surface area contributed by atoms with Crippen LogP contribution in [0.2, 0.25) is 0 Å². The van der Waals surface area contributed by atoms with Crippen molar-refractivity contribution >= 4 is 5.82 Å². The molecule has 25 heavy (non-hydrogen) atoms. The third kappa shape index (κ3) is 4.01. The monoisotopic (exact) mass is 349 g/mol. The molecular weight excluding hydrogens is 328 g/mol. The summed E-state index contributed by atoms with van der Waals surface area (Å²) in [6, 6.07) is 1.97. The van der Waals surface area contributed by atoms with Crippen molar-refractivity contribution in [1.29, 1.82) is 0 Å². The number of rotatable bonds is 5. The molecule has 0 aliphatic carbocycles. The molecule has 134 valence electrons. The molecule has 1 atom stereocenters. The molecule has 1 fully saturated rings. The van der Waals surface area contributed by atoms with E-state index < -0.39 is 11.6 Å². The number of hydrogen-bond acceptors (Lipinski definition) is 6. The van der Waals surface area contributed by atoms with Gasteiger partial charge in [-0.15, -0.1) is 0 Å². The maximum absolute atomic E-state index is 13.8. The Labute approximate surface area is 145 Å². The van der Waals surface area contributed by atoms with Gasteiger partial charge in [-0.25, -0.2) is 18.7 Å². The number of anilines is 1. The highest BCUT2D eigenvalue weighted by Crippen LogP contribution is 2.23. The molecule has 0 N–H and O–H groups in total. The highest BCUT2D eigenvalue weighted by Gasteiger charge is 2.25. The lowest BCUT2D eigenvalue weighted by Crippen LogP contribution is -2.46. The molecule has 2 aromatic heterocycles. The van der Waals surface area contributed by atoms with Gasteiger partial charge in [0, 0.05) is 37.8 Å². The van der Waals surface area contributed by atoms with Crippen LogP contribution in [-0.4, -0.2) is 53.1 Å². The number of nitrogens with zero attached hydrogens (tertiary/aromatic N) is 5. The Balaban J connectivity index is 1.70. The number of halogens is 2. The van der Waals surface area contributed by atoms with E-state index in [2.05, 4.69) is 24.8 Å². The Morgan fingerprint density at radius 1 is 1.28 bits per heavy atom. The van der Waals surface area contributed by atoms with E-state index in [9.17, 15) is 8.78 Å². The molecular formula is C17H21F2N5O. The Kier molecular flexibility index (Phi) is 5.37. The summed E-state index contributed by atoms with van der Waals surface area (Å²) in [6.45, 7) is 1.74. The Morgan fingerprint density at radius 3 is 2.76 bits per heavy atom. The number of ether oxygens (including phenoxy) is 1. The van der Waals surface area contributed by atoms with E-state index in [0.29, 0.717) is 12.4 Å². The molecule has 0 aromatic carbocycles. The normalized spacial score (nSPS) is 18.2. The number of likely N-dealkylation sites (tertiary alicyclic amines) is 1. The van der Waals surface area contributed by atoms with Gasteiger partial charge in [0.15, 0.2) is 0 Å². The zero-order valence-corrected chi connectivity index (χ0v) is 14.3. The zero-order valence-electron chi connectivity index (χ0n) is 14.3. The average Bonchev–Trinajstić information content (AvgIpc) is 2.64. The van der Waals surface area contributed by atoms with Crippen LogP contribution in [0.3, 0.4) is 0 Å². The van der Waals surface area contributed by atoms with Crippen LogP contribution in [0.25, 0.3) is 0 Å². The van der Waals surface area contributed by atoms with Gasteiger partial charge in [0.05, 0.1) is 19.5 Å². The van der Waals surface area contributed by atoms with Crippen LogP contribution in [0.1, 0.15) is 18.4 Å². The third-order valence-electron chi connectivity index (χ3n) is 4.56. The molecule has 2 aromatic rings. The minimum atomic E-state index is -0.601. The first kappa shape index (κ1) is 17.5. The molecule has 3 rings (SSSR count). The van der Waals surface area contributed by atoms with E-state index in [0.717, 1.165) is 37.6 Å². The van der Waals surface area contributed by atoms with Crippen LogP contribution in [-0.2, 0) is 6.54 Å². The molecule has 6 nitrogen and oxygen atoms in total. The van der Waals surface area contributed by atoms with Crippen LogP contribution in [0.15, 0.2) is 24.8 Å². The van der Waals surface area contributed by atoms with Gasteiger partial charge < -0.3 is 9.64 Å².